The van der Waals surface area contributed by atoms with Gasteiger partial charge >= 0.3 is 0 Å². The number of pyridine rings is 1. The maximum absolute atomic E-state index is 12.6. The first kappa shape index (κ1) is 20.7. The van der Waals surface area contributed by atoms with Crippen molar-refractivity contribution in [2.75, 3.05) is 26.2 Å². The van der Waals surface area contributed by atoms with E-state index in [1.807, 2.05) is 12.4 Å². The molecule has 2 saturated heterocycles. The van der Waals surface area contributed by atoms with E-state index < -0.39 is 11.4 Å². The van der Waals surface area contributed by atoms with E-state index >= 15 is 0 Å². The van der Waals surface area contributed by atoms with Crippen LogP contribution >= 0.6 is 0 Å². The molecule has 2 amide bonds. The van der Waals surface area contributed by atoms with Gasteiger partial charge in [0.05, 0.1) is 5.92 Å². The number of rotatable bonds is 6. The average molecular weight is 388 g/mol. The van der Waals surface area contributed by atoms with Crippen LogP contribution in [-0.4, -0.2) is 64.4 Å². The van der Waals surface area contributed by atoms with Crippen LogP contribution in [0.5, 0.6) is 0 Å². The van der Waals surface area contributed by atoms with Crippen molar-refractivity contribution in [3.05, 3.63) is 30.1 Å². The quantitative estimate of drug-likeness (QED) is 0.764. The molecule has 2 aliphatic heterocycles. The van der Waals surface area contributed by atoms with Gasteiger partial charge in [-0.2, -0.15) is 0 Å². The minimum absolute atomic E-state index is 0.0522. The topological polar surface area (TPSA) is 91.6 Å². The van der Waals surface area contributed by atoms with Gasteiger partial charge in [-0.15, -0.1) is 0 Å². The van der Waals surface area contributed by atoms with Crippen molar-refractivity contribution in [3.8, 4) is 0 Å². The van der Waals surface area contributed by atoms with E-state index in [1.165, 1.54) is 5.56 Å². The second kappa shape index (κ2) is 9.01. The lowest BCUT2D eigenvalue weighted by molar-refractivity contribution is -0.134. The van der Waals surface area contributed by atoms with Gasteiger partial charge in [-0.25, -0.2) is 0 Å². The Bertz CT molecular complexity index is 671. The summed E-state index contributed by atoms with van der Waals surface area (Å²) < 4.78 is 0. The molecule has 0 spiro atoms. The summed E-state index contributed by atoms with van der Waals surface area (Å²) in [7, 11) is 0. The molecule has 154 valence electrons. The van der Waals surface area contributed by atoms with E-state index in [0.717, 1.165) is 58.4 Å². The third kappa shape index (κ3) is 5.29. The summed E-state index contributed by atoms with van der Waals surface area (Å²) >= 11 is 0. The first-order chi connectivity index (χ1) is 13.3. The third-order valence-electron chi connectivity index (χ3n) is 6.10. The Labute approximate surface area is 167 Å². The predicted molar refractivity (Wildman–Crippen MR) is 108 cm³/mol. The molecule has 0 aliphatic carbocycles. The van der Waals surface area contributed by atoms with Crippen LogP contribution in [0.3, 0.4) is 0 Å². The van der Waals surface area contributed by atoms with Crippen LogP contribution < -0.4 is 11.1 Å². The Hall–Kier alpha value is -1.99. The lowest BCUT2D eigenvalue weighted by Crippen LogP contribution is -2.57. The minimum Gasteiger partial charge on any atom is -0.368 e. The molecule has 28 heavy (non-hydrogen) atoms. The number of hydrogen-bond donors (Lipinski definition) is 2. The molecule has 3 rings (SSSR count). The molecule has 3 heterocycles. The Kier molecular flexibility index (Phi) is 6.67. The number of piperidine rings is 2. The molecule has 2 aliphatic rings. The molecule has 0 aromatic carbocycles. The van der Waals surface area contributed by atoms with Gasteiger partial charge in [0.2, 0.25) is 11.8 Å². The highest BCUT2D eigenvalue weighted by molar-refractivity contribution is 5.90. The summed E-state index contributed by atoms with van der Waals surface area (Å²) in [6, 6.07) is 4.69. The number of amides is 2. The first-order valence-corrected chi connectivity index (χ1v) is 10.3. The van der Waals surface area contributed by atoms with Crippen LogP contribution in [0.1, 0.15) is 45.1 Å². The highest BCUT2D eigenvalue weighted by atomic mass is 16.2. The Morgan fingerprint density at radius 2 is 1.86 bits per heavy atom. The van der Waals surface area contributed by atoms with Crippen molar-refractivity contribution in [2.24, 2.45) is 11.7 Å². The molecule has 1 atom stereocenters. The summed E-state index contributed by atoms with van der Waals surface area (Å²) in [4.78, 5) is 33.2. The van der Waals surface area contributed by atoms with E-state index in [1.54, 1.807) is 13.8 Å². The zero-order valence-corrected chi connectivity index (χ0v) is 17.1. The predicted octanol–water partition coefficient (Wildman–Crippen LogP) is 1.14. The summed E-state index contributed by atoms with van der Waals surface area (Å²) in [6.07, 6.45) is 7.85. The van der Waals surface area contributed by atoms with Crippen molar-refractivity contribution in [1.29, 1.82) is 0 Å². The van der Waals surface area contributed by atoms with Gasteiger partial charge in [-0.1, -0.05) is 0 Å². The second-order valence-electron chi connectivity index (χ2n) is 8.68. The van der Waals surface area contributed by atoms with Gasteiger partial charge in [0.25, 0.3) is 0 Å². The van der Waals surface area contributed by atoms with Crippen LogP contribution in [0.15, 0.2) is 24.5 Å². The summed E-state index contributed by atoms with van der Waals surface area (Å²) in [5.74, 6) is -0.624. The van der Waals surface area contributed by atoms with Gasteiger partial charge in [-0.3, -0.25) is 24.4 Å². The highest BCUT2D eigenvalue weighted by Crippen LogP contribution is 2.25. The van der Waals surface area contributed by atoms with Crippen LogP contribution in [0.2, 0.25) is 0 Å². The van der Waals surface area contributed by atoms with Gasteiger partial charge in [0.1, 0.15) is 5.54 Å². The standard InChI is InChI=1S/C21H33N5O2/c1-21(2,20(22)28)24-19(27)17-4-3-11-26(15-17)18-7-12-25(13-8-18)14-16-5-9-23-10-6-16/h5-6,9-10,17-18H,3-4,7-8,11-15H2,1-2H3,(H2,22,28)(H,24,27)/t17-/m1/s1. The number of primary amides is 1. The number of aromatic nitrogens is 1. The van der Waals surface area contributed by atoms with Crippen molar-refractivity contribution in [2.45, 2.75) is 57.7 Å². The minimum atomic E-state index is -1.00. The molecular weight excluding hydrogens is 354 g/mol. The van der Waals surface area contributed by atoms with Crippen molar-refractivity contribution < 1.29 is 9.59 Å². The van der Waals surface area contributed by atoms with E-state index in [-0.39, 0.29) is 11.8 Å². The molecule has 7 nitrogen and oxygen atoms in total. The normalized spacial score (nSPS) is 22.7. The van der Waals surface area contributed by atoms with Crippen molar-refractivity contribution in [1.82, 2.24) is 20.1 Å². The smallest absolute Gasteiger partial charge is 0.242 e. The van der Waals surface area contributed by atoms with Crippen LogP contribution in [-0.2, 0) is 16.1 Å². The largest absolute Gasteiger partial charge is 0.368 e. The number of nitrogens with two attached hydrogens (primary N) is 1. The van der Waals surface area contributed by atoms with E-state index in [4.69, 9.17) is 5.73 Å². The summed E-state index contributed by atoms with van der Waals surface area (Å²) in [6.45, 7) is 8.28. The third-order valence-corrected chi connectivity index (χ3v) is 6.10. The molecule has 3 N–H and O–H groups in total. The average Bonchev–Trinajstić information content (AvgIpc) is 2.69. The summed E-state index contributed by atoms with van der Waals surface area (Å²) in [5.41, 5.74) is 5.69. The molecule has 1 aromatic heterocycles. The molecule has 0 radical (unpaired) electrons. The van der Waals surface area contributed by atoms with E-state index in [9.17, 15) is 9.59 Å². The van der Waals surface area contributed by atoms with E-state index in [0.29, 0.717) is 6.04 Å². The zero-order chi connectivity index (χ0) is 20.1. The fraction of sp³-hybridized carbons (Fsp3) is 0.667. The maximum atomic E-state index is 12.6. The van der Waals surface area contributed by atoms with Crippen LogP contribution in [0, 0.1) is 5.92 Å². The number of carbonyl (C=O) groups excluding carboxylic acids is 2. The number of carbonyl (C=O) groups is 2. The summed E-state index contributed by atoms with van der Waals surface area (Å²) in [5, 5.41) is 2.83. The van der Waals surface area contributed by atoms with Gasteiger partial charge in [0, 0.05) is 31.5 Å². The lowest BCUT2D eigenvalue weighted by Gasteiger charge is -2.42. The molecule has 0 bridgehead atoms. The van der Waals surface area contributed by atoms with Gasteiger partial charge in [0.15, 0.2) is 0 Å². The molecular formula is C21H33N5O2. The first-order valence-electron chi connectivity index (χ1n) is 10.3. The van der Waals surface area contributed by atoms with Crippen LogP contribution in [0.4, 0.5) is 0 Å². The lowest BCUT2D eigenvalue weighted by atomic mass is 9.92. The van der Waals surface area contributed by atoms with Crippen LogP contribution in [0.25, 0.3) is 0 Å². The highest BCUT2D eigenvalue weighted by Gasteiger charge is 2.35. The number of nitrogens with one attached hydrogen (secondary N) is 1. The molecule has 7 heteroatoms. The molecule has 2 fully saturated rings. The Balaban J connectivity index is 1.48. The van der Waals surface area contributed by atoms with Crippen molar-refractivity contribution >= 4 is 11.8 Å². The Morgan fingerprint density at radius 3 is 2.50 bits per heavy atom. The number of hydrogen-bond acceptors (Lipinski definition) is 5. The number of nitrogens with zero attached hydrogens (tertiary/aromatic N) is 3. The monoisotopic (exact) mass is 387 g/mol. The number of likely N-dealkylation sites (tertiary alicyclic amines) is 2. The fourth-order valence-corrected chi connectivity index (χ4v) is 4.21. The SMILES string of the molecule is CC(C)(NC(=O)[C@@H]1CCCN(C2CCN(Cc3ccncc3)CC2)C1)C(N)=O. The van der Waals surface area contributed by atoms with Crippen molar-refractivity contribution in [3.63, 3.8) is 0 Å². The second-order valence-corrected chi connectivity index (χ2v) is 8.68. The molecule has 1 aromatic rings. The molecule has 0 unspecified atom stereocenters. The van der Waals surface area contributed by atoms with E-state index in [2.05, 4.69) is 32.2 Å². The fourth-order valence-electron chi connectivity index (χ4n) is 4.21. The van der Waals surface area contributed by atoms with Gasteiger partial charge in [-0.05, 0) is 76.9 Å². The molecule has 0 saturated carbocycles. The zero-order valence-electron chi connectivity index (χ0n) is 17.1. The van der Waals surface area contributed by atoms with Gasteiger partial charge < -0.3 is 11.1 Å². The maximum Gasteiger partial charge on any atom is 0.242 e. The Morgan fingerprint density at radius 1 is 1.18 bits per heavy atom.